The van der Waals surface area contributed by atoms with Crippen LogP contribution in [0.25, 0.3) is 16.9 Å². The molecule has 3 aromatic heterocycles. The number of aromatic nitrogens is 4. The minimum Gasteiger partial charge on any atom is -0.345 e. The fourth-order valence-electron chi connectivity index (χ4n) is 4.02. The number of carbonyl (C=O) groups excluding carboxylic acids is 1. The van der Waals surface area contributed by atoms with Crippen molar-refractivity contribution in [3.05, 3.63) is 77.2 Å². The Morgan fingerprint density at radius 1 is 1.18 bits per heavy atom. The van der Waals surface area contributed by atoms with E-state index in [9.17, 15) is 13.2 Å². The number of pyridine rings is 2. The zero-order valence-electron chi connectivity index (χ0n) is 18.8. The Kier molecular flexibility index (Phi) is 5.41. The molecule has 4 aromatic rings. The molecule has 1 fully saturated rings. The molecule has 34 heavy (non-hydrogen) atoms. The van der Waals surface area contributed by atoms with E-state index in [2.05, 4.69) is 15.4 Å². The van der Waals surface area contributed by atoms with E-state index in [-0.39, 0.29) is 16.8 Å². The van der Waals surface area contributed by atoms with E-state index in [0.717, 1.165) is 24.1 Å². The molecule has 0 bridgehead atoms. The molecule has 0 aliphatic heterocycles. The molecular formula is C24H24N6O3S. The number of nitrogens with two attached hydrogens (primary N) is 1. The van der Waals surface area contributed by atoms with Crippen molar-refractivity contribution in [1.29, 1.82) is 0 Å². The van der Waals surface area contributed by atoms with Gasteiger partial charge in [0, 0.05) is 17.8 Å². The van der Waals surface area contributed by atoms with Crippen LogP contribution in [0.15, 0.2) is 59.6 Å². The number of carbonyl (C=O) groups is 1. The van der Waals surface area contributed by atoms with Gasteiger partial charge in [-0.05, 0) is 62.6 Å². The third kappa shape index (κ3) is 4.17. The van der Waals surface area contributed by atoms with Gasteiger partial charge in [0.25, 0.3) is 5.91 Å². The molecule has 1 aliphatic rings. The van der Waals surface area contributed by atoms with Gasteiger partial charge >= 0.3 is 0 Å². The van der Waals surface area contributed by atoms with E-state index in [4.69, 9.17) is 10.1 Å². The summed E-state index contributed by atoms with van der Waals surface area (Å²) in [6, 6.07) is 13.2. The first-order chi connectivity index (χ1) is 16.2. The molecule has 1 saturated carbocycles. The van der Waals surface area contributed by atoms with E-state index in [1.54, 1.807) is 23.0 Å². The fourth-order valence-corrected chi connectivity index (χ4v) is 4.53. The quantitative estimate of drug-likeness (QED) is 0.439. The number of amides is 1. The second-order valence-corrected chi connectivity index (χ2v) is 10.1. The van der Waals surface area contributed by atoms with E-state index in [1.165, 1.54) is 12.1 Å². The lowest BCUT2D eigenvalue weighted by Gasteiger charge is -2.16. The van der Waals surface area contributed by atoms with Crippen molar-refractivity contribution in [2.24, 2.45) is 5.14 Å². The Labute approximate surface area is 197 Å². The summed E-state index contributed by atoms with van der Waals surface area (Å²) in [5, 5.41) is 13.5. The predicted molar refractivity (Wildman–Crippen MR) is 127 cm³/mol. The third-order valence-electron chi connectivity index (χ3n) is 6.00. The molecule has 1 atom stereocenters. The molecule has 1 aromatic carbocycles. The third-order valence-corrected chi connectivity index (χ3v) is 6.92. The van der Waals surface area contributed by atoms with Crippen molar-refractivity contribution < 1.29 is 13.2 Å². The lowest BCUT2D eigenvalue weighted by Crippen LogP contribution is -2.27. The van der Waals surface area contributed by atoms with Gasteiger partial charge in [-0.15, -0.1) is 0 Å². The van der Waals surface area contributed by atoms with Crippen LogP contribution in [0.5, 0.6) is 0 Å². The Bertz CT molecular complexity index is 1490. The van der Waals surface area contributed by atoms with E-state index >= 15 is 0 Å². The second-order valence-electron chi connectivity index (χ2n) is 8.56. The predicted octanol–water partition coefficient (Wildman–Crippen LogP) is 3.14. The lowest BCUT2D eigenvalue weighted by molar-refractivity contribution is 0.0941. The van der Waals surface area contributed by atoms with Crippen molar-refractivity contribution >= 4 is 27.0 Å². The summed E-state index contributed by atoms with van der Waals surface area (Å²) in [7, 11) is -3.78. The Hall–Kier alpha value is -3.63. The largest absolute Gasteiger partial charge is 0.345 e. The van der Waals surface area contributed by atoms with Gasteiger partial charge in [0.1, 0.15) is 0 Å². The molecule has 3 N–H and O–H groups in total. The van der Waals surface area contributed by atoms with E-state index < -0.39 is 10.0 Å². The van der Waals surface area contributed by atoms with Gasteiger partial charge in [-0.2, -0.15) is 9.78 Å². The first-order valence-corrected chi connectivity index (χ1v) is 12.5. The minimum absolute atomic E-state index is 0.0252. The molecule has 3 heterocycles. The van der Waals surface area contributed by atoms with Gasteiger partial charge in [-0.25, -0.2) is 23.5 Å². The number of hydrogen-bond donors (Lipinski definition) is 2. The minimum atomic E-state index is -3.78. The average molecular weight is 477 g/mol. The summed E-state index contributed by atoms with van der Waals surface area (Å²) in [5.74, 6) is 0.725. The number of rotatable bonds is 6. The van der Waals surface area contributed by atoms with Gasteiger partial charge in [0.05, 0.1) is 27.6 Å². The van der Waals surface area contributed by atoms with Crippen molar-refractivity contribution in [1.82, 2.24) is 25.1 Å². The van der Waals surface area contributed by atoms with Gasteiger partial charge in [0.15, 0.2) is 11.5 Å². The van der Waals surface area contributed by atoms with Gasteiger partial charge in [-0.1, -0.05) is 18.2 Å². The molecule has 1 unspecified atom stereocenters. The summed E-state index contributed by atoms with van der Waals surface area (Å²) in [5.41, 5.74) is 3.44. The lowest BCUT2D eigenvalue weighted by atomic mass is 10.0. The van der Waals surface area contributed by atoms with E-state index in [1.807, 2.05) is 38.1 Å². The van der Waals surface area contributed by atoms with Crippen LogP contribution in [0, 0.1) is 6.92 Å². The Morgan fingerprint density at radius 3 is 2.53 bits per heavy atom. The molecule has 10 heteroatoms. The van der Waals surface area contributed by atoms with Crippen LogP contribution >= 0.6 is 0 Å². The second kappa shape index (κ2) is 8.30. The standard InChI is InChI=1S/C24H24N6O3S/c1-14(16-8-10-18(11-9-16)34(25,32)33)27-24(31)19-13-20(17-6-7-17)28-23-22(19)15(2)29-30(23)21-5-3-4-12-26-21/h3-5,8-14,17H,6-7H2,1-2H3,(H,27,31)(H2,25,32,33). The molecular weight excluding hydrogens is 452 g/mol. The maximum absolute atomic E-state index is 13.5. The van der Waals surface area contributed by atoms with Gasteiger partial charge < -0.3 is 5.32 Å². The van der Waals surface area contributed by atoms with Crippen molar-refractivity contribution in [2.45, 2.75) is 43.5 Å². The van der Waals surface area contributed by atoms with Crippen LogP contribution in [0.4, 0.5) is 0 Å². The summed E-state index contributed by atoms with van der Waals surface area (Å²) >= 11 is 0. The normalized spacial score (nSPS) is 14.8. The van der Waals surface area contributed by atoms with Crippen LogP contribution in [0.3, 0.4) is 0 Å². The van der Waals surface area contributed by atoms with Crippen LogP contribution < -0.4 is 10.5 Å². The number of nitrogens with zero attached hydrogens (tertiary/aromatic N) is 4. The molecule has 1 aliphatic carbocycles. The number of fused-ring (bicyclic) bond motifs is 1. The summed E-state index contributed by atoms with van der Waals surface area (Å²) in [6.45, 7) is 3.70. The number of nitrogens with one attached hydrogen (secondary N) is 1. The number of primary sulfonamides is 1. The van der Waals surface area contributed by atoms with Gasteiger partial charge in [0.2, 0.25) is 10.0 Å². The maximum Gasteiger partial charge on any atom is 0.252 e. The Balaban J connectivity index is 1.52. The fraction of sp³-hybridized carbons (Fsp3) is 0.250. The summed E-state index contributed by atoms with van der Waals surface area (Å²) in [4.78, 5) is 22.7. The zero-order chi connectivity index (χ0) is 24.0. The van der Waals surface area contributed by atoms with Crippen LogP contribution in [-0.4, -0.2) is 34.1 Å². The van der Waals surface area contributed by atoms with E-state index in [0.29, 0.717) is 34.0 Å². The molecule has 5 rings (SSSR count). The first-order valence-electron chi connectivity index (χ1n) is 11.0. The molecule has 0 radical (unpaired) electrons. The van der Waals surface area contributed by atoms with Crippen LogP contribution in [0.1, 0.15) is 59.0 Å². The number of benzene rings is 1. The number of hydrogen-bond acceptors (Lipinski definition) is 6. The smallest absolute Gasteiger partial charge is 0.252 e. The topological polar surface area (TPSA) is 133 Å². The maximum atomic E-state index is 13.5. The van der Waals surface area contributed by atoms with Crippen LogP contribution in [0.2, 0.25) is 0 Å². The van der Waals surface area contributed by atoms with Crippen molar-refractivity contribution in [2.75, 3.05) is 0 Å². The molecule has 9 nitrogen and oxygen atoms in total. The number of sulfonamides is 1. The summed E-state index contributed by atoms with van der Waals surface area (Å²) in [6.07, 6.45) is 3.78. The van der Waals surface area contributed by atoms with Gasteiger partial charge in [-0.3, -0.25) is 4.79 Å². The molecule has 174 valence electrons. The highest BCUT2D eigenvalue weighted by atomic mass is 32.2. The van der Waals surface area contributed by atoms with Crippen LogP contribution in [-0.2, 0) is 10.0 Å². The zero-order valence-corrected chi connectivity index (χ0v) is 19.6. The number of aryl methyl sites for hydroxylation is 1. The Morgan fingerprint density at radius 2 is 1.91 bits per heavy atom. The first kappa shape index (κ1) is 22.2. The monoisotopic (exact) mass is 476 g/mol. The summed E-state index contributed by atoms with van der Waals surface area (Å²) < 4.78 is 24.7. The van der Waals surface area contributed by atoms with Crippen molar-refractivity contribution in [3.8, 4) is 5.82 Å². The SMILES string of the molecule is Cc1nn(-c2ccccn2)c2nc(C3CC3)cc(C(=O)NC(C)c3ccc(S(N)(=O)=O)cc3)c12. The highest BCUT2D eigenvalue weighted by Crippen LogP contribution is 2.40. The highest BCUT2D eigenvalue weighted by Gasteiger charge is 2.29. The highest BCUT2D eigenvalue weighted by molar-refractivity contribution is 7.89. The molecule has 0 saturated heterocycles. The molecule has 0 spiro atoms. The average Bonchev–Trinajstić information content (AvgIpc) is 3.62. The molecule has 1 amide bonds. The van der Waals surface area contributed by atoms with Crippen molar-refractivity contribution in [3.63, 3.8) is 0 Å².